The summed E-state index contributed by atoms with van der Waals surface area (Å²) in [5.74, 6) is 1.15. The highest BCUT2D eigenvalue weighted by molar-refractivity contribution is 9.11. The van der Waals surface area contributed by atoms with Gasteiger partial charge in [-0.2, -0.15) is 0 Å². The summed E-state index contributed by atoms with van der Waals surface area (Å²) in [5.41, 5.74) is 8.73. The fourth-order valence-corrected chi connectivity index (χ4v) is 3.85. The Morgan fingerprint density at radius 2 is 1.86 bits per heavy atom. The molecule has 7 heteroatoms. The molecule has 0 radical (unpaired) electrons. The van der Waals surface area contributed by atoms with Gasteiger partial charge in [-0.05, 0) is 56.1 Å². The molecule has 0 atom stereocenters. The second-order valence-electron chi connectivity index (χ2n) is 4.38. The predicted molar refractivity (Wildman–Crippen MR) is 95.1 cm³/mol. The van der Waals surface area contributed by atoms with Crippen molar-refractivity contribution in [1.82, 2.24) is 9.55 Å². The second-order valence-corrected chi connectivity index (χ2v) is 7.00. The van der Waals surface area contributed by atoms with Crippen LogP contribution in [0.5, 0.6) is 5.75 Å². The Bertz CT molecular complexity index is 845. The Morgan fingerprint density at radius 1 is 1.10 bits per heavy atom. The van der Waals surface area contributed by atoms with E-state index in [1.54, 1.807) is 7.11 Å². The molecule has 1 heterocycles. The smallest absolute Gasteiger partial charge is 0.205 e. The van der Waals surface area contributed by atoms with Crippen LogP contribution in [0.4, 0.5) is 5.95 Å². The van der Waals surface area contributed by atoms with Crippen molar-refractivity contribution >= 4 is 64.8 Å². The van der Waals surface area contributed by atoms with Crippen LogP contribution in [0.15, 0.2) is 43.7 Å². The molecular formula is C14H10Br3N3O. The van der Waals surface area contributed by atoms with Crippen molar-refractivity contribution in [3.63, 3.8) is 0 Å². The lowest BCUT2D eigenvalue weighted by molar-refractivity contribution is 0.412. The van der Waals surface area contributed by atoms with Gasteiger partial charge < -0.3 is 10.5 Å². The molecular weight excluding hydrogens is 466 g/mol. The van der Waals surface area contributed by atoms with Crippen molar-refractivity contribution < 1.29 is 4.74 Å². The minimum absolute atomic E-state index is 0.424. The molecule has 2 N–H and O–H groups in total. The molecule has 0 amide bonds. The summed E-state index contributed by atoms with van der Waals surface area (Å²) in [5, 5.41) is 0. The van der Waals surface area contributed by atoms with E-state index in [0.717, 1.165) is 35.9 Å². The summed E-state index contributed by atoms with van der Waals surface area (Å²) in [6, 6.07) is 9.69. The molecule has 3 aromatic rings. The summed E-state index contributed by atoms with van der Waals surface area (Å²) in [6.07, 6.45) is 0. The molecule has 0 spiro atoms. The molecule has 0 aliphatic heterocycles. The summed E-state index contributed by atoms with van der Waals surface area (Å²) in [7, 11) is 1.63. The van der Waals surface area contributed by atoms with E-state index in [2.05, 4.69) is 52.8 Å². The Morgan fingerprint density at radius 3 is 2.57 bits per heavy atom. The Balaban J connectivity index is 2.34. The maximum absolute atomic E-state index is 6.10. The van der Waals surface area contributed by atoms with Crippen molar-refractivity contribution in [2.24, 2.45) is 0 Å². The number of benzene rings is 2. The first-order chi connectivity index (χ1) is 10.0. The highest BCUT2D eigenvalue weighted by Crippen LogP contribution is 2.36. The molecule has 1 aromatic heterocycles. The molecule has 3 rings (SSSR count). The van der Waals surface area contributed by atoms with Gasteiger partial charge in [-0.3, -0.25) is 4.57 Å². The van der Waals surface area contributed by atoms with Crippen LogP contribution in [0.2, 0.25) is 0 Å². The van der Waals surface area contributed by atoms with Gasteiger partial charge in [-0.1, -0.05) is 15.9 Å². The standard InChI is InChI=1S/C14H10Br3N3O/c1-21-13-6-11(8(16)5-9(13)17)20-12-4-7(15)2-3-10(12)19-14(20)18/h2-6H,1H3,(H2,18,19). The number of nitrogens with two attached hydrogens (primary N) is 1. The number of imidazole rings is 1. The predicted octanol–water partition coefficient (Wildman–Crippen LogP) is 4.90. The van der Waals surface area contributed by atoms with Gasteiger partial charge in [0.1, 0.15) is 5.75 Å². The van der Waals surface area contributed by atoms with Crippen LogP contribution in [-0.2, 0) is 0 Å². The average Bonchev–Trinajstić information content (AvgIpc) is 2.75. The lowest BCUT2D eigenvalue weighted by Crippen LogP contribution is -2.02. The van der Waals surface area contributed by atoms with E-state index < -0.39 is 0 Å². The number of nitrogen functional groups attached to an aromatic ring is 1. The molecule has 0 aliphatic rings. The summed E-state index contributed by atoms with van der Waals surface area (Å²) in [6.45, 7) is 0. The maximum atomic E-state index is 6.10. The first-order valence-electron chi connectivity index (χ1n) is 5.98. The molecule has 0 saturated carbocycles. The molecule has 0 bridgehead atoms. The van der Waals surface area contributed by atoms with E-state index in [1.165, 1.54) is 0 Å². The van der Waals surface area contributed by atoms with E-state index in [-0.39, 0.29) is 0 Å². The summed E-state index contributed by atoms with van der Waals surface area (Å²) >= 11 is 10.5. The van der Waals surface area contributed by atoms with Crippen LogP contribution < -0.4 is 10.5 Å². The molecule has 0 fully saturated rings. The average molecular weight is 476 g/mol. The van der Waals surface area contributed by atoms with Crippen molar-refractivity contribution in [1.29, 1.82) is 0 Å². The maximum Gasteiger partial charge on any atom is 0.205 e. The number of rotatable bonds is 2. The Labute approximate surface area is 146 Å². The Kier molecular flexibility index (Phi) is 3.98. The number of halogens is 3. The van der Waals surface area contributed by atoms with Crippen molar-refractivity contribution in [2.45, 2.75) is 0 Å². The van der Waals surface area contributed by atoms with E-state index in [4.69, 9.17) is 10.5 Å². The SMILES string of the molecule is COc1cc(-n2c(N)nc3ccc(Br)cc32)c(Br)cc1Br. The van der Waals surface area contributed by atoms with E-state index in [0.29, 0.717) is 5.95 Å². The van der Waals surface area contributed by atoms with Crippen molar-refractivity contribution in [3.8, 4) is 11.4 Å². The number of nitrogens with zero attached hydrogens (tertiary/aromatic N) is 2. The zero-order chi connectivity index (χ0) is 15.1. The van der Waals surface area contributed by atoms with E-state index in [9.17, 15) is 0 Å². The van der Waals surface area contributed by atoms with Crippen molar-refractivity contribution in [2.75, 3.05) is 12.8 Å². The molecule has 0 aliphatic carbocycles. The third-order valence-corrected chi connectivity index (χ3v) is 4.85. The fourth-order valence-electron chi connectivity index (χ4n) is 2.17. The van der Waals surface area contributed by atoms with Crippen molar-refractivity contribution in [3.05, 3.63) is 43.7 Å². The third-order valence-electron chi connectivity index (χ3n) is 3.10. The number of hydrogen-bond donors (Lipinski definition) is 1. The number of anilines is 1. The van der Waals surface area contributed by atoms with Gasteiger partial charge in [0, 0.05) is 15.0 Å². The Hall–Kier alpha value is -1.05. The second kappa shape index (κ2) is 5.62. The topological polar surface area (TPSA) is 53.1 Å². The molecule has 2 aromatic carbocycles. The molecule has 0 unspecified atom stereocenters. The number of methoxy groups -OCH3 is 1. The number of ether oxygens (including phenoxy) is 1. The quantitative estimate of drug-likeness (QED) is 0.573. The molecule has 21 heavy (non-hydrogen) atoms. The van der Waals surface area contributed by atoms with Crippen LogP contribution >= 0.6 is 47.8 Å². The first-order valence-corrected chi connectivity index (χ1v) is 8.36. The molecule has 108 valence electrons. The minimum atomic E-state index is 0.424. The van der Waals surface area contributed by atoms with Crippen LogP contribution in [-0.4, -0.2) is 16.7 Å². The zero-order valence-corrected chi connectivity index (χ0v) is 15.7. The van der Waals surface area contributed by atoms with Gasteiger partial charge in [0.05, 0.1) is 28.3 Å². The summed E-state index contributed by atoms with van der Waals surface area (Å²) in [4.78, 5) is 4.40. The lowest BCUT2D eigenvalue weighted by Gasteiger charge is -2.12. The number of hydrogen-bond acceptors (Lipinski definition) is 3. The van der Waals surface area contributed by atoms with Gasteiger partial charge >= 0.3 is 0 Å². The van der Waals surface area contributed by atoms with E-state index >= 15 is 0 Å². The van der Waals surface area contributed by atoms with Gasteiger partial charge in [0.2, 0.25) is 5.95 Å². The third kappa shape index (κ3) is 2.58. The van der Waals surface area contributed by atoms with E-state index in [1.807, 2.05) is 34.9 Å². The first kappa shape index (κ1) is 14.9. The normalized spacial score (nSPS) is 11.0. The number of aromatic nitrogens is 2. The molecule has 4 nitrogen and oxygen atoms in total. The monoisotopic (exact) mass is 473 g/mol. The highest BCUT2D eigenvalue weighted by Gasteiger charge is 2.15. The van der Waals surface area contributed by atoms with Gasteiger partial charge in [-0.15, -0.1) is 0 Å². The lowest BCUT2D eigenvalue weighted by atomic mass is 10.2. The van der Waals surface area contributed by atoms with Gasteiger partial charge in [0.15, 0.2) is 0 Å². The highest BCUT2D eigenvalue weighted by atomic mass is 79.9. The van der Waals surface area contributed by atoms with Gasteiger partial charge in [0.25, 0.3) is 0 Å². The van der Waals surface area contributed by atoms with Crippen LogP contribution in [0.3, 0.4) is 0 Å². The zero-order valence-electron chi connectivity index (χ0n) is 10.9. The van der Waals surface area contributed by atoms with Crippen LogP contribution in [0.1, 0.15) is 0 Å². The van der Waals surface area contributed by atoms with Crippen LogP contribution in [0.25, 0.3) is 16.7 Å². The fraction of sp³-hybridized carbons (Fsp3) is 0.0714. The van der Waals surface area contributed by atoms with Gasteiger partial charge in [-0.25, -0.2) is 4.98 Å². The van der Waals surface area contributed by atoms with Crippen LogP contribution in [0, 0.1) is 0 Å². The summed E-state index contributed by atoms with van der Waals surface area (Å²) < 4.78 is 9.98. The minimum Gasteiger partial charge on any atom is -0.495 e. The molecule has 0 saturated heterocycles. The number of fused-ring (bicyclic) bond motifs is 1. The largest absolute Gasteiger partial charge is 0.495 e.